The number of phenolic OH excluding ortho intramolecular Hbond substituents is 2. The second kappa shape index (κ2) is 4.13. The number of rotatable bonds is 1. The highest BCUT2D eigenvalue weighted by atomic mass is 16.5. The molecule has 19 heavy (non-hydrogen) atoms. The number of ketones is 1. The maximum Gasteiger partial charge on any atom is 0.235 e. The van der Waals surface area contributed by atoms with Crippen molar-refractivity contribution in [2.75, 3.05) is 0 Å². The van der Waals surface area contributed by atoms with Crippen LogP contribution in [0.4, 0.5) is 0 Å². The van der Waals surface area contributed by atoms with E-state index in [0.717, 1.165) is 6.07 Å². The number of nitrogens with zero attached hydrogens (tertiary/aromatic N) is 1. The van der Waals surface area contributed by atoms with Crippen LogP contribution in [0.5, 0.6) is 17.2 Å². The molecule has 2 aromatic rings. The van der Waals surface area contributed by atoms with Gasteiger partial charge in [0.2, 0.25) is 5.78 Å². The van der Waals surface area contributed by atoms with E-state index in [-0.39, 0.29) is 28.6 Å². The number of allylic oxidation sites excluding steroid dienone is 1. The minimum Gasteiger partial charge on any atom is -0.508 e. The van der Waals surface area contributed by atoms with Crippen molar-refractivity contribution < 1.29 is 19.7 Å². The number of carbonyl (C=O) groups is 1. The van der Waals surface area contributed by atoms with Crippen LogP contribution in [-0.2, 0) is 0 Å². The highest BCUT2D eigenvalue weighted by molar-refractivity contribution is 6.16. The van der Waals surface area contributed by atoms with E-state index in [1.807, 2.05) is 0 Å². The molecule has 1 aromatic carbocycles. The number of hydrogen-bond donors (Lipinski definition) is 2. The van der Waals surface area contributed by atoms with Crippen LogP contribution in [0.15, 0.2) is 42.4 Å². The Kier molecular flexibility index (Phi) is 2.45. The number of phenols is 2. The van der Waals surface area contributed by atoms with Gasteiger partial charge in [-0.25, -0.2) is 0 Å². The van der Waals surface area contributed by atoms with Crippen LogP contribution in [0.25, 0.3) is 6.08 Å². The van der Waals surface area contributed by atoms with Gasteiger partial charge in [-0.05, 0) is 17.7 Å². The molecular weight excluding hydrogens is 246 g/mol. The molecule has 0 fully saturated rings. The maximum absolute atomic E-state index is 12.1. The monoisotopic (exact) mass is 255 g/mol. The first-order chi connectivity index (χ1) is 9.15. The van der Waals surface area contributed by atoms with Crippen molar-refractivity contribution in [3.05, 3.63) is 53.5 Å². The second-order valence-electron chi connectivity index (χ2n) is 4.06. The summed E-state index contributed by atoms with van der Waals surface area (Å²) in [5.41, 5.74) is 0.773. The summed E-state index contributed by atoms with van der Waals surface area (Å²) in [5, 5.41) is 19.0. The Labute approximate surface area is 108 Å². The number of aromatic nitrogens is 1. The van der Waals surface area contributed by atoms with E-state index in [4.69, 9.17) is 4.74 Å². The number of Topliss-reactive ketones (excluding diaryl/α,β-unsaturated/α-hetero) is 1. The first-order valence-corrected chi connectivity index (χ1v) is 5.55. The van der Waals surface area contributed by atoms with E-state index >= 15 is 0 Å². The SMILES string of the molecule is O=C1/C(=C/c2cccnc2)Oc2cc(O)cc(O)c21. The van der Waals surface area contributed by atoms with Crippen molar-refractivity contribution >= 4 is 11.9 Å². The van der Waals surface area contributed by atoms with Gasteiger partial charge < -0.3 is 14.9 Å². The van der Waals surface area contributed by atoms with E-state index < -0.39 is 5.78 Å². The summed E-state index contributed by atoms with van der Waals surface area (Å²) in [6.07, 6.45) is 4.74. The quantitative estimate of drug-likeness (QED) is 0.763. The first-order valence-electron chi connectivity index (χ1n) is 5.55. The highest BCUT2D eigenvalue weighted by Crippen LogP contribution is 2.40. The molecule has 1 aliphatic rings. The smallest absolute Gasteiger partial charge is 0.235 e. The topological polar surface area (TPSA) is 79.7 Å². The molecule has 2 N–H and O–H groups in total. The molecule has 5 heteroatoms. The molecular formula is C14H9NO4. The molecule has 0 amide bonds. The van der Waals surface area contributed by atoms with Crippen molar-refractivity contribution in [2.24, 2.45) is 0 Å². The number of fused-ring (bicyclic) bond motifs is 1. The summed E-state index contributed by atoms with van der Waals surface area (Å²) < 4.78 is 5.35. The number of aromatic hydroxyl groups is 2. The lowest BCUT2D eigenvalue weighted by Crippen LogP contribution is -1.98. The third-order valence-electron chi connectivity index (χ3n) is 2.72. The summed E-state index contributed by atoms with van der Waals surface area (Å²) in [6, 6.07) is 5.91. The van der Waals surface area contributed by atoms with Gasteiger partial charge in [-0.1, -0.05) is 6.07 Å². The molecule has 0 radical (unpaired) electrons. The molecule has 0 spiro atoms. The summed E-state index contributed by atoms with van der Waals surface area (Å²) >= 11 is 0. The van der Waals surface area contributed by atoms with Crippen molar-refractivity contribution in [2.45, 2.75) is 0 Å². The lowest BCUT2D eigenvalue weighted by molar-refractivity contribution is 0.101. The fraction of sp³-hybridized carbons (Fsp3) is 0. The average Bonchev–Trinajstić information content (AvgIpc) is 2.67. The zero-order chi connectivity index (χ0) is 13.4. The van der Waals surface area contributed by atoms with Gasteiger partial charge in [0.1, 0.15) is 22.8 Å². The van der Waals surface area contributed by atoms with Gasteiger partial charge in [-0.3, -0.25) is 9.78 Å². The fourth-order valence-electron chi connectivity index (χ4n) is 1.89. The van der Waals surface area contributed by atoms with Gasteiger partial charge in [0.25, 0.3) is 0 Å². The van der Waals surface area contributed by atoms with E-state index in [1.54, 1.807) is 24.5 Å². The van der Waals surface area contributed by atoms with Crippen LogP contribution >= 0.6 is 0 Å². The van der Waals surface area contributed by atoms with E-state index in [2.05, 4.69) is 4.98 Å². The normalized spacial score (nSPS) is 15.4. The molecule has 94 valence electrons. The molecule has 1 aliphatic heterocycles. The summed E-state index contributed by atoms with van der Waals surface area (Å²) in [6.45, 7) is 0. The minimum absolute atomic E-state index is 0.0629. The molecule has 0 unspecified atom stereocenters. The predicted octanol–water partition coefficient (Wildman–Crippen LogP) is 2.11. The number of hydrogen-bond acceptors (Lipinski definition) is 5. The molecule has 3 rings (SSSR count). The summed E-state index contributed by atoms with van der Waals surface area (Å²) in [5.74, 6) is -0.640. The molecule has 0 saturated heterocycles. The summed E-state index contributed by atoms with van der Waals surface area (Å²) in [4.78, 5) is 16.0. The Hall–Kier alpha value is -2.82. The zero-order valence-corrected chi connectivity index (χ0v) is 9.70. The standard InChI is InChI=1S/C14H9NO4/c16-9-5-10(17)13-11(6-9)19-12(14(13)18)4-8-2-1-3-15-7-8/h1-7,16-17H/b12-4-. The van der Waals surface area contributed by atoms with Crippen LogP contribution in [-0.4, -0.2) is 21.0 Å². The van der Waals surface area contributed by atoms with Gasteiger partial charge >= 0.3 is 0 Å². The Bertz CT molecular complexity index is 692. The van der Waals surface area contributed by atoms with Crippen molar-refractivity contribution in [3.63, 3.8) is 0 Å². The molecule has 0 aliphatic carbocycles. The molecule has 0 bridgehead atoms. The Balaban J connectivity index is 2.05. The number of carbonyl (C=O) groups excluding carboxylic acids is 1. The third-order valence-corrected chi connectivity index (χ3v) is 2.72. The zero-order valence-electron chi connectivity index (χ0n) is 9.70. The average molecular weight is 255 g/mol. The lowest BCUT2D eigenvalue weighted by atomic mass is 10.1. The van der Waals surface area contributed by atoms with Crippen LogP contribution in [0.3, 0.4) is 0 Å². The summed E-state index contributed by atoms with van der Waals surface area (Å²) in [7, 11) is 0. The Morgan fingerprint density at radius 1 is 1.26 bits per heavy atom. The van der Waals surface area contributed by atoms with Crippen LogP contribution in [0, 0.1) is 0 Å². The lowest BCUT2D eigenvalue weighted by Gasteiger charge is -2.00. The van der Waals surface area contributed by atoms with Crippen LogP contribution in [0.2, 0.25) is 0 Å². The van der Waals surface area contributed by atoms with E-state index in [9.17, 15) is 15.0 Å². The van der Waals surface area contributed by atoms with Gasteiger partial charge in [0.15, 0.2) is 5.76 Å². The van der Waals surface area contributed by atoms with Crippen molar-refractivity contribution in [1.82, 2.24) is 4.98 Å². The van der Waals surface area contributed by atoms with Crippen molar-refractivity contribution in [3.8, 4) is 17.2 Å². The Morgan fingerprint density at radius 2 is 2.11 bits per heavy atom. The van der Waals surface area contributed by atoms with Crippen LogP contribution < -0.4 is 4.74 Å². The number of pyridine rings is 1. The molecule has 1 aromatic heterocycles. The maximum atomic E-state index is 12.1. The van der Waals surface area contributed by atoms with Crippen LogP contribution in [0.1, 0.15) is 15.9 Å². The third kappa shape index (κ3) is 1.91. The van der Waals surface area contributed by atoms with Gasteiger partial charge in [-0.15, -0.1) is 0 Å². The number of ether oxygens (including phenoxy) is 1. The molecule has 0 atom stereocenters. The van der Waals surface area contributed by atoms with E-state index in [1.165, 1.54) is 12.1 Å². The van der Waals surface area contributed by atoms with Crippen molar-refractivity contribution in [1.29, 1.82) is 0 Å². The predicted molar refractivity (Wildman–Crippen MR) is 66.9 cm³/mol. The molecule has 0 saturated carbocycles. The fourth-order valence-corrected chi connectivity index (χ4v) is 1.89. The minimum atomic E-state index is -0.420. The molecule has 2 heterocycles. The first kappa shape index (κ1) is 11.3. The Morgan fingerprint density at radius 3 is 2.84 bits per heavy atom. The van der Waals surface area contributed by atoms with Gasteiger partial charge in [0, 0.05) is 24.5 Å². The van der Waals surface area contributed by atoms with Gasteiger partial charge in [0.05, 0.1) is 0 Å². The second-order valence-corrected chi connectivity index (χ2v) is 4.06. The highest BCUT2D eigenvalue weighted by Gasteiger charge is 2.31. The largest absolute Gasteiger partial charge is 0.508 e. The number of benzene rings is 1. The van der Waals surface area contributed by atoms with Gasteiger partial charge in [-0.2, -0.15) is 0 Å². The van der Waals surface area contributed by atoms with E-state index in [0.29, 0.717) is 5.56 Å². The molecule has 5 nitrogen and oxygen atoms in total.